The van der Waals surface area contributed by atoms with Gasteiger partial charge in [-0.15, -0.1) is 12.4 Å². The normalized spacial score (nSPS) is 19.4. The molecule has 4 heteroatoms. The third kappa shape index (κ3) is 2.22. The Morgan fingerprint density at radius 3 is 2.64 bits per heavy atom. The van der Waals surface area contributed by atoms with Gasteiger partial charge in [-0.25, -0.2) is 0 Å². The first-order chi connectivity index (χ1) is 6.31. The van der Waals surface area contributed by atoms with Gasteiger partial charge >= 0.3 is 0 Å². The molecule has 1 atom stereocenters. The Hall–Kier alpha value is -0.250. The first-order valence-corrected chi connectivity index (χ1v) is 5.17. The van der Waals surface area contributed by atoms with Gasteiger partial charge in [0.25, 0.3) is 0 Å². The zero-order valence-corrected chi connectivity index (χ0v) is 10.3. The van der Waals surface area contributed by atoms with E-state index in [9.17, 15) is 0 Å². The lowest BCUT2D eigenvalue weighted by Crippen LogP contribution is -2.34. The minimum Gasteiger partial charge on any atom is -0.496 e. The molecule has 1 aliphatic rings. The second-order valence-electron chi connectivity index (χ2n) is 3.19. The molecule has 1 N–H and O–H groups in total. The Morgan fingerprint density at radius 2 is 2.21 bits per heavy atom. The second kappa shape index (κ2) is 5.01. The van der Waals surface area contributed by atoms with E-state index in [2.05, 4.69) is 33.4 Å². The summed E-state index contributed by atoms with van der Waals surface area (Å²) in [6.07, 6.45) is 1.23. The Bertz CT molecular complexity index is 315. The number of nitrogens with one attached hydrogen (secondary N) is 1. The zero-order valence-electron chi connectivity index (χ0n) is 7.92. The van der Waals surface area contributed by atoms with Crippen LogP contribution in [0.1, 0.15) is 18.0 Å². The van der Waals surface area contributed by atoms with E-state index in [1.54, 1.807) is 7.11 Å². The fraction of sp³-hybridized carbons (Fsp3) is 0.400. The van der Waals surface area contributed by atoms with Crippen molar-refractivity contribution < 1.29 is 4.74 Å². The van der Waals surface area contributed by atoms with Gasteiger partial charge in [-0.1, -0.05) is 6.07 Å². The molecular formula is C10H13BrClNO. The van der Waals surface area contributed by atoms with Crippen molar-refractivity contribution in [3.05, 3.63) is 28.2 Å². The highest BCUT2D eigenvalue weighted by molar-refractivity contribution is 9.10. The predicted octanol–water partition coefficient (Wildman–Crippen LogP) is 2.91. The van der Waals surface area contributed by atoms with Crippen LogP contribution in [0.5, 0.6) is 5.75 Å². The van der Waals surface area contributed by atoms with Crippen molar-refractivity contribution in [3.63, 3.8) is 0 Å². The van der Waals surface area contributed by atoms with E-state index >= 15 is 0 Å². The van der Waals surface area contributed by atoms with Crippen molar-refractivity contribution in [2.24, 2.45) is 0 Å². The maximum atomic E-state index is 5.16. The van der Waals surface area contributed by atoms with Crippen molar-refractivity contribution in [1.82, 2.24) is 5.32 Å². The van der Waals surface area contributed by atoms with Crippen LogP contribution < -0.4 is 10.1 Å². The highest BCUT2D eigenvalue weighted by Crippen LogP contribution is 2.30. The number of methoxy groups -OCH3 is 1. The molecule has 0 unspecified atom stereocenters. The largest absolute Gasteiger partial charge is 0.496 e. The lowest BCUT2D eigenvalue weighted by atomic mass is 9.98. The highest BCUT2D eigenvalue weighted by Gasteiger charge is 2.18. The van der Waals surface area contributed by atoms with E-state index in [0.29, 0.717) is 6.04 Å². The van der Waals surface area contributed by atoms with Crippen molar-refractivity contribution in [2.75, 3.05) is 13.7 Å². The van der Waals surface area contributed by atoms with Crippen LogP contribution in [0.3, 0.4) is 0 Å². The number of hydrogen-bond donors (Lipinski definition) is 1. The zero-order chi connectivity index (χ0) is 9.26. The molecule has 2 rings (SSSR count). The Labute approximate surface area is 98.6 Å². The molecule has 1 aliphatic heterocycles. The number of ether oxygens (including phenoxy) is 1. The lowest BCUT2D eigenvalue weighted by molar-refractivity contribution is 0.381. The minimum absolute atomic E-state index is 0. The van der Waals surface area contributed by atoms with Crippen molar-refractivity contribution in [2.45, 2.75) is 12.5 Å². The predicted molar refractivity (Wildman–Crippen MR) is 63.3 cm³/mol. The first-order valence-electron chi connectivity index (χ1n) is 4.38. The molecule has 1 aromatic rings. The summed E-state index contributed by atoms with van der Waals surface area (Å²) in [7, 11) is 1.68. The molecule has 0 aliphatic carbocycles. The maximum absolute atomic E-state index is 5.16. The van der Waals surface area contributed by atoms with Gasteiger partial charge in [-0.3, -0.25) is 0 Å². The molecule has 0 saturated carbocycles. The van der Waals surface area contributed by atoms with E-state index in [-0.39, 0.29) is 12.4 Å². The Kier molecular flexibility index (Phi) is 4.23. The standard InChI is InChI=1S/C10H12BrNO.ClH/c1-13-10-3-2-7(6-8(10)11)9-4-5-12-9;/h2-3,6,9,12H,4-5H2,1H3;1H/t9-;/m0./s1. The van der Waals surface area contributed by atoms with Crippen molar-refractivity contribution in [1.29, 1.82) is 0 Å². The van der Waals surface area contributed by atoms with Crippen LogP contribution in [0.25, 0.3) is 0 Å². The van der Waals surface area contributed by atoms with Crippen LogP contribution in [0.15, 0.2) is 22.7 Å². The van der Waals surface area contributed by atoms with Gasteiger partial charge in [0, 0.05) is 6.04 Å². The molecule has 78 valence electrons. The van der Waals surface area contributed by atoms with Crippen LogP contribution in [0, 0.1) is 0 Å². The summed E-state index contributed by atoms with van der Waals surface area (Å²) in [5, 5.41) is 3.36. The van der Waals surface area contributed by atoms with Gasteiger partial charge in [-0.2, -0.15) is 0 Å². The van der Waals surface area contributed by atoms with Gasteiger partial charge in [0.1, 0.15) is 5.75 Å². The van der Waals surface area contributed by atoms with Crippen LogP contribution in [-0.2, 0) is 0 Å². The molecule has 2 nitrogen and oxygen atoms in total. The van der Waals surface area contributed by atoms with Gasteiger partial charge in [-0.05, 0) is 46.6 Å². The van der Waals surface area contributed by atoms with Gasteiger partial charge < -0.3 is 10.1 Å². The molecule has 0 amide bonds. The summed E-state index contributed by atoms with van der Waals surface area (Å²) in [5.41, 5.74) is 1.33. The molecule has 1 fully saturated rings. The third-order valence-corrected chi connectivity index (χ3v) is 3.02. The quantitative estimate of drug-likeness (QED) is 0.898. The fourth-order valence-electron chi connectivity index (χ4n) is 1.47. The molecule has 0 spiro atoms. The smallest absolute Gasteiger partial charge is 0.133 e. The SMILES string of the molecule is COc1ccc([C@@H]2CCN2)cc1Br.Cl. The van der Waals surface area contributed by atoms with Gasteiger partial charge in [0.15, 0.2) is 0 Å². The number of rotatable bonds is 2. The fourth-order valence-corrected chi connectivity index (χ4v) is 2.03. The van der Waals surface area contributed by atoms with E-state index in [4.69, 9.17) is 4.74 Å². The molecular weight excluding hydrogens is 265 g/mol. The number of hydrogen-bond acceptors (Lipinski definition) is 2. The van der Waals surface area contributed by atoms with E-state index in [0.717, 1.165) is 16.8 Å². The summed E-state index contributed by atoms with van der Waals surface area (Å²) in [6.45, 7) is 1.13. The lowest BCUT2D eigenvalue weighted by Gasteiger charge is -2.28. The molecule has 1 heterocycles. The molecule has 0 bridgehead atoms. The van der Waals surface area contributed by atoms with Crippen LogP contribution >= 0.6 is 28.3 Å². The average Bonchev–Trinajstić information content (AvgIpc) is 2.01. The van der Waals surface area contributed by atoms with Crippen molar-refractivity contribution >= 4 is 28.3 Å². The maximum Gasteiger partial charge on any atom is 0.133 e. The highest BCUT2D eigenvalue weighted by atomic mass is 79.9. The first kappa shape index (κ1) is 11.8. The molecule has 14 heavy (non-hydrogen) atoms. The van der Waals surface area contributed by atoms with Crippen LogP contribution in [-0.4, -0.2) is 13.7 Å². The summed E-state index contributed by atoms with van der Waals surface area (Å²) < 4.78 is 6.19. The Balaban J connectivity index is 0.000000980. The molecule has 1 saturated heterocycles. The summed E-state index contributed by atoms with van der Waals surface area (Å²) >= 11 is 3.48. The Morgan fingerprint density at radius 1 is 1.50 bits per heavy atom. The monoisotopic (exact) mass is 277 g/mol. The van der Waals surface area contributed by atoms with E-state index in [1.165, 1.54) is 12.0 Å². The summed E-state index contributed by atoms with van der Waals surface area (Å²) in [5.74, 6) is 0.892. The minimum atomic E-state index is 0. The summed E-state index contributed by atoms with van der Waals surface area (Å²) in [4.78, 5) is 0. The second-order valence-corrected chi connectivity index (χ2v) is 4.04. The van der Waals surface area contributed by atoms with Crippen LogP contribution in [0.2, 0.25) is 0 Å². The number of benzene rings is 1. The molecule has 0 radical (unpaired) electrons. The number of halogens is 2. The molecule has 0 aromatic heterocycles. The summed E-state index contributed by atoms with van der Waals surface area (Å²) in [6, 6.07) is 6.78. The van der Waals surface area contributed by atoms with Gasteiger partial charge in [0.05, 0.1) is 11.6 Å². The van der Waals surface area contributed by atoms with Gasteiger partial charge in [0.2, 0.25) is 0 Å². The third-order valence-electron chi connectivity index (χ3n) is 2.40. The van der Waals surface area contributed by atoms with E-state index < -0.39 is 0 Å². The van der Waals surface area contributed by atoms with E-state index in [1.807, 2.05) is 6.07 Å². The average molecular weight is 279 g/mol. The molecule has 1 aromatic carbocycles. The topological polar surface area (TPSA) is 21.3 Å². The van der Waals surface area contributed by atoms with Crippen LogP contribution in [0.4, 0.5) is 0 Å². The van der Waals surface area contributed by atoms with Crippen molar-refractivity contribution in [3.8, 4) is 5.75 Å².